The van der Waals surface area contributed by atoms with E-state index >= 15 is 0 Å². The molecule has 0 aliphatic rings. The number of para-hydroxylation sites is 1. The maximum atomic E-state index is 13.9. The lowest BCUT2D eigenvalue weighted by molar-refractivity contribution is 0.183. The second-order valence-corrected chi connectivity index (χ2v) is 7.87. The zero-order valence-corrected chi connectivity index (χ0v) is 15.8. The maximum Gasteiger partial charge on any atom is 0.240 e. The number of ether oxygens (including phenoxy) is 1. The van der Waals surface area contributed by atoms with E-state index in [9.17, 15) is 17.9 Å². The van der Waals surface area contributed by atoms with E-state index < -0.39 is 21.9 Å². The lowest BCUT2D eigenvalue weighted by Crippen LogP contribution is -2.28. The molecule has 1 aromatic heterocycles. The van der Waals surface area contributed by atoms with Crippen LogP contribution in [0.15, 0.2) is 53.6 Å². The van der Waals surface area contributed by atoms with Crippen molar-refractivity contribution in [1.29, 1.82) is 0 Å². The lowest BCUT2D eigenvalue weighted by atomic mass is 10.1. The number of aromatic nitrogens is 1. The zero-order valence-electron chi connectivity index (χ0n) is 15.0. The Morgan fingerprint density at radius 2 is 2.00 bits per heavy atom. The molecular formula is C19H21FN2O4S. The number of aliphatic hydroxyl groups excluding tert-OH is 1. The summed E-state index contributed by atoms with van der Waals surface area (Å²) in [7, 11) is -2.12. The Hall–Kier alpha value is -2.42. The van der Waals surface area contributed by atoms with Crippen molar-refractivity contribution in [2.45, 2.75) is 17.9 Å². The molecule has 0 aliphatic carbocycles. The number of hydrogen-bond acceptors (Lipinski definition) is 4. The number of nitrogens with one attached hydrogen (secondary N) is 1. The lowest BCUT2D eigenvalue weighted by Gasteiger charge is -2.13. The number of halogens is 1. The predicted molar refractivity (Wildman–Crippen MR) is 101 cm³/mol. The van der Waals surface area contributed by atoms with Gasteiger partial charge in [0.2, 0.25) is 10.0 Å². The molecule has 3 rings (SSSR count). The van der Waals surface area contributed by atoms with Crippen LogP contribution in [0.4, 0.5) is 4.39 Å². The number of aryl methyl sites for hydroxylation is 1. The quantitative estimate of drug-likeness (QED) is 0.648. The number of rotatable bonds is 7. The highest BCUT2D eigenvalue weighted by Gasteiger charge is 2.20. The molecule has 2 aromatic carbocycles. The molecule has 0 radical (unpaired) electrons. The highest BCUT2D eigenvalue weighted by molar-refractivity contribution is 7.89. The average molecular weight is 392 g/mol. The first-order chi connectivity index (χ1) is 12.8. The van der Waals surface area contributed by atoms with Gasteiger partial charge < -0.3 is 14.4 Å². The standard InChI is InChI=1S/C19H21FN2O4S/c1-3-26-19-9-8-13(10-16(19)20)27(24,25)21-11-18(23)15-12-22(2)17-7-5-4-6-14(15)17/h4-10,12,18,21,23H,3,11H2,1-2H3/t18-/m1/s1. The summed E-state index contributed by atoms with van der Waals surface area (Å²) in [4.78, 5) is -0.228. The van der Waals surface area contributed by atoms with E-state index in [1.807, 2.05) is 35.9 Å². The van der Waals surface area contributed by atoms with Crippen molar-refractivity contribution in [3.8, 4) is 5.75 Å². The van der Waals surface area contributed by atoms with Crippen LogP contribution < -0.4 is 9.46 Å². The highest BCUT2D eigenvalue weighted by atomic mass is 32.2. The van der Waals surface area contributed by atoms with Crippen LogP contribution in [0.25, 0.3) is 10.9 Å². The summed E-state index contributed by atoms with van der Waals surface area (Å²) in [6.07, 6.45) is 0.721. The molecule has 144 valence electrons. The van der Waals surface area contributed by atoms with E-state index in [-0.39, 0.29) is 23.8 Å². The number of benzene rings is 2. The largest absolute Gasteiger partial charge is 0.491 e. The van der Waals surface area contributed by atoms with Gasteiger partial charge in [-0.2, -0.15) is 0 Å². The Morgan fingerprint density at radius 1 is 1.26 bits per heavy atom. The van der Waals surface area contributed by atoms with Crippen molar-refractivity contribution in [3.05, 3.63) is 60.0 Å². The van der Waals surface area contributed by atoms with Crippen LogP contribution in [-0.2, 0) is 17.1 Å². The highest BCUT2D eigenvalue weighted by Crippen LogP contribution is 2.26. The average Bonchev–Trinajstić information content (AvgIpc) is 2.99. The van der Waals surface area contributed by atoms with Crippen molar-refractivity contribution in [1.82, 2.24) is 9.29 Å². The number of sulfonamides is 1. The summed E-state index contributed by atoms with van der Waals surface area (Å²) in [6, 6.07) is 11.0. The molecule has 0 fully saturated rings. The molecule has 1 heterocycles. The molecule has 8 heteroatoms. The molecule has 0 saturated carbocycles. The Balaban J connectivity index is 1.77. The monoisotopic (exact) mass is 392 g/mol. The Kier molecular flexibility index (Phi) is 5.50. The minimum atomic E-state index is -3.98. The SMILES string of the molecule is CCOc1ccc(S(=O)(=O)NC[C@@H](O)c2cn(C)c3ccccc23)cc1F. The van der Waals surface area contributed by atoms with Crippen LogP contribution >= 0.6 is 0 Å². The summed E-state index contributed by atoms with van der Waals surface area (Å²) in [5, 5.41) is 11.3. The molecule has 0 bridgehead atoms. The molecule has 1 atom stereocenters. The summed E-state index contributed by atoms with van der Waals surface area (Å²) in [5.41, 5.74) is 1.55. The van der Waals surface area contributed by atoms with Crippen molar-refractivity contribution in [2.75, 3.05) is 13.2 Å². The Morgan fingerprint density at radius 3 is 2.70 bits per heavy atom. The van der Waals surface area contributed by atoms with Gasteiger partial charge >= 0.3 is 0 Å². The topological polar surface area (TPSA) is 80.6 Å². The molecule has 0 unspecified atom stereocenters. The Labute approximate surface area is 157 Å². The first-order valence-corrected chi connectivity index (χ1v) is 9.96. The smallest absolute Gasteiger partial charge is 0.240 e. The fraction of sp³-hybridized carbons (Fsp3) is 0.263. The number of hydrogen-bond donors (Lipinski definition) is 2. The van der Waals surface area contributed by atoms with Gasteiger partial charge in [0.15, 0.2) is 11.6 Å². The van der Waals surface area contributed by atoms with Gasteiger partial charge in [-0.1, -0.05) is 18.2 Å². The molecule has 0 saturated heterocycles. The number of fused-ring (bicyclic) bond motifs is 1. The third-order valence-corrected chi connectivity index (χ3v) is 5.69. The van der Waals surface area contributed by atoms with Gasteiger partial charge in [0, 0.05) is 36.3 Å². The van der Waals surface area contributed by atoms with Crippen LogP contribution in [0.2, 0.25) is 0 Å². The van der Waals surface area contributed by atoms with Crippen molar-refractivity contribution < 1.29 is 22.7 Å². The van der Waals surface area contributed by atoms with Gasteiger partial charge in [-0.25, -0.2) is 17.5 Å². The molecule has 0 aliphatic heterocycles. The van der Waals surface area contributed by atoms with Crippen molar-refractivity contribution >= 4 is 20.9 Å². The van der Waals surface area contributed by atoms with Crippen LogP contribution in [0.1, 0.15) is 18.6 Å². The van der Waals surface area contributed by atoms with Crippen molar-refractivity contribution in [2.24, 2.45) is 7.05 Å². The molecule has 27 heavy (non-hydrogen) atoms. The zero-order chi connectivity index (χ0) is 19.6. The molecule has 6 nitrogen and oxygen atoms in total. The summed E-state index contributed by atoms with van der Waals surface area (Å²) < 4.78 is 48.1. The first-order valence-electron chi connectivity index (χ1n) is 8.47. The normalized spacial score (nSPS) is 13.0. The Bertz CT molecular complexity index is 1060. The third-order valence-electron chi connectivity index (χ3n) is 4.27. The molecule has 0 amide bonds. The van der Waals surface area contributed by atoms with Crippen LogP contribution in [0, 0.1) is 5.82 Å². The first kappa shape index (κ1) is 19.3. The van der Waals surface area contributed by atoms with Gasteiger partial charge in [0.05, 0.1) is 17.6 Å². The van der Waals surface area contributed by atoms with Gasteiger partial charge in [-0.15, -0.1) is 0 Å². The minimum Gasteiger partial charge on any atom is -0.491 e. The predicted octanol–water partition coefficient (Wildman–Crippen LogP) is 2.73. The number of aliphatic hydroxyl groups is 1. The van der Waals surface area contributed by atoms with Gasteiger partial charge in [-0.3, -0.25) is 0 Å². The summed E-state index contributed by atoms with van der Waals surface area (Å²) in [5.74, 6) is -0.762. The van der Waals surface area contributed by atoms with E-state index in [4.69, 9.17) is 4.74 Å². The van der Waals surface area contributed by atoms with Gasteiger partial charge in [-0.05, 0) is 31.2 Å². The van der Waals surface area contributed by atoms with E-state index in [1.165, 1.54) is 12.1 Å². The fourth-order valence-electron chi connectivity index (χ4n) is 2.94. The molecule has 0 spiro atoms. The fourth-order valence-corrected chi connectivity index (χ4v) is 3.99. The van der Waals surface area contributed by atoms with E-state index in [1.54, 1.807) is 13.1 Å². The minimum absolute atomic E-state index is 0.00719. The van der Waals surface area contributed by atoms with E-state index in [0.29, 0.717) is 5.56 Å². The van der Waals surface area contributed by atoms with E-state index in [2.05, 4.69) is 4.72 Å². The van der Waals surface area contributed by atoms with Gasteiger partial charge in [0.1, 0.15) is 0 Å². The number of nitrogens with zero attached hydrogens (tertiary/aromatic N) is 1. The maximum absolute atomic E-state index is 13.9. The summed E-state index contributed by atoms with van der Waals surface area (Å²) in [6.45, 7) is 1.75. The molecule has 2 N–H and O–H groups in total. The van der Waals surface area contributed by atoms with E-state index in [0.717, 1.165) is 17.0 Å². The summed E-state index contributed by atoms with van der Waals surface area (Å²) >= 11 is 0. The molecular weight excluding hydrogens is 371 g/mol. The van der Waals surface area contributed by atoms with Crippen molar-refractivity contribution in [3.63, 3.8) is 0 Å². The van der Waals surface area contributed by atoms with Crippen LogP contribution in [0.3, 0.4) is 0 Å². The second kappa shape index (κ2) is 7.67. The van der Waals surface area contributed by atoms with Crippen LogP contribution in [0.5, 0.6) is 5.75 Å². The van der Waals surface area contributed by atoms with Gasteiger partial charge in [0.25, 0.3) is 0 Å². The third kappa shape index (κ3) is 3.97. The molecule has 3 aromatic rings. The van der Waals surface area contributed by atoms with Crippen LogP contribution in [-0.4, -0.2) is 31.2 Å². The second-order valence-electron chi connectivity index (χ2n) is 6.11.